The van der Waals surface area contributed by atoms with Crippen molar-refractivity contribution >= 4 is 11.7 Å². The lowest BCUT2D eigenvalue weighted by atomic mass is 9.96. The Morgan fingerprint density at radius 1 is 1.14 bits per heavy atom. The highest BCUT2D eigenvalue weighted by atomic mass is 16.2. The van der Waals surface area contributed by atoms with Crippen molar-refractivity contribution in [3.8, 4) is 0 Å². The zero-order valence-electron chi connectivity index (χ0n) is 13.4. The van der Waals surface area contributed by atoms with Gasteiger partial charge in [0.05, 0.1) is 0 Å². The lowest BCUT2D eigenvalue weighted by molar-refractivity contribution is -0.132. The van der Waals surface area contributed by atoms with Gasteiger partial charge in [0.25, 0.3) is 0 Å². The Kier molecular flexibility index (Phi) is 6.59. The van der Waals surface area contributed by atoms with E-state index in [-0.39, 0.29) is 11.7 Å². The van der Waals surface area contributed by atoms with Crippen molar-refractivity contribution < 1.29 is 9.59 Å². The van der Waals surface area contributed by atoms with E-state index in [2.05, 4.69) is 12.2 Å². The first-order valence-electron chi connectivity index (χ1n) is 8.27. The molecule has 1 aromatic carbocycles. The van der Waals surface area contributed by atoms with Gasteiger partial charge in [-0.3, -0.25) is 9.59 Å². The van der Waals surface area contributed by atoms with E-state index in [1.807, 2.05) is 23.1 Å². The molecule has 22 heavy (non-hydrogen) atoms. The van der Waals surface area contributed by atoms with Gasteiger partial charge in [-0.1, -0.05) is 37.3 Å². The predicted molar refractivity (Wildman–Crippen MR) is 87.9 cm³/mol. The van der Waals surface area contributed by atoms with Crippen LogP contribution in [-0.4, -0.2) is 42.8 Å². The average Bonchev–Trinajstić information content (AvgIpc) is 2.58. The van der Waals surface area contributed by atoms with Crippen molar-refractivity contribution in [1.29, 1.82) is 0 Å². The molecule has 1 N–H and O–H groups in total. The second-order valence-electron chi connectivity index (χ2n) is 5.92. The fourth-order valence-corrected chi connectivity index (χ4v) is 2.88. The molecule has 1 aliphatic heterocycles. The van der Waals surface area contributed by atoms with Crippen molar-refractivity contribution in [3.63, 3.8) is 0 Å². The van der Waals surface area contributed by atoms with Gasteiger partial charge in [0.15, 0.2) is 5.78 Å². The lowest BCUT2D eigenvalue weighted by Gasteiger charge is -2.32. The highest BCUT2D eigenvalue weighted by Gasteiger charge is 2.22. The zero-order chi connectivity index (χ0) is 15.8. The van der Waals surface area contributed by atoms with E-state index in [1.54, 1.807) is 12.1 Å². The number of rotatable bonds is 7. The van der Waals surface area contributed by atoms with Gasteiger partial charge >= 0.3 is 0 Å². The molecule has 120 valence electrons. The molecule has 0 bridgehead atoms. The number of nitrogens with zero attached hydrogens (tertiary/aromatic N) is 1. The summed E-state index contributed by atoms with van der Waals surface area (Å²) in [7, 11) is 0. The first-order chi connectivity index (χ1) is 10.7. The molecule has 4 nitrogen and oxygen atoms in total. The minimum Gasteiger partial charge on any atom is -0.343 e. The summed E-state index contributed by atoms with van der Waals surface area (Å²) in [6.45, 7) is 5.82. The van der Waals surface area contributed by atoms with E-state index >= 15 is 0 Å². The van der Waals surface area contributed by atoms with Gasteiger partial charge in [-0.25, -0.2) is 0 Å². The average molecular weight is 302 g/mol. The third-order valence-corrected chi connectivity index (χ3v) is 4.31. The minimum atomic E-state index is 0.0518. The third-order valence-electron chi connectivity index (χ3n) is 4.31. The summed E-state index contributed by atoms with van der Waals surface area (Å²) in [4.78, 5) is 26.2. The molecule has 0 aliphatic carbocycles. The summed E-state index contributed by atoms with van der Waals surface area (Å²) in [6.07, 6.45) is 2.75. The van der Waals surface area contributed by atoms with Crippen molar-refractivity contribution in [3.05, 3.63) is 35.9 Å². The monoisotopic (exact) mass is 302 g/mol. The summed E-state index contributed by atoms with van der Waals surface area (Å²) in [5.74, 6) is 0.845. The number of piperidine rings is 1. The highest BCUT2D eigenvalue weighted by Crippen LogP contribution is 2.17. The molecule has 0 saturated carbocycles. The quantitative estimate of drug-likeness (QED) is 0.787. The van der Waals surface area contributed by atoms with Crippen molar-refractivity contribution in [2.75, 3.05) is 26.2 Å². The van der Waals surface area contributed by atoms with E-state index in [1.165, 1.54) is 0 Å². The number of hydrogen-bond donors (Lipinski definition) is 1. The van der Waals surface area contributed by atoms with Gasteiger partial charge in [-0.15, -0.1) is 0 Å². The molecule has 0 atom stereocenters. The van der Waals surface area contributed by atoms with Crippen LogP contribution in [0.25, 0.3) is 0 Å². The van der Waals surface area contributed by atoms with E-state index in [9.17, 15) is 9.59 Å². The van der Waals surface area contributed by atoms with Crippen LogP contribution in [0.15, 0.2) is 30.3 Å². The SMILES string of the molecule is CCNCC1CCN(C(=O)CCC(=O)c2ccccc2)CC1. The largest absolute Gasteiger partial charge is 0.343 e. The first-order valence-corrected chi connectivity index (χ1v) is 8.27. The standard InChI is InChI=1S/C18H26N2O2/c1-2-19-14-15-10-12-20(13-11-15)18(22)9-8-17(21)16-6-4-3-5-7-16/h3-7,15,19H,2,8-14H2,1H3. The van der Waals surface area contributed by atoms with Gasteiger partial charge in [-0.2, -0.15) is 0 Å². The first kappa shape index (κ1) is 16.7. The van der Waals surface area contributed by atoms with Crippen LogP contribution in [-0.2, 0) is 4.79 Å². The number of benzene rings is 1. The molecule has 2 rings (SSSR count). The van der Waals surface area contributed by atoms with Crippen molar-refractivity contribution in [2.45, 2.75) is 32.6 Å². The molecule has 0 unspecified atom stereocenters. The summed E-state index contributed by atoms with van der Waals surface area (Å²) in [5, 5.41) is 3.37. The van der Waals surface area contributed by atoms with E-state index in [0.717, 1.165) is 39.0 Å². The Morgan fingerprint density at radius 2 is 1.82 bits per heavy atom. The Balaban J connectivity index is 1.71. The normalized spacial score (nSPS) is 15.8. The van der Waals surface area contributed by atoms with Crippen LogP contribution in [0.5, 0.6) is 0 Å². The molecule has 0 aromatic heterocycles. The van der Waals surface area contributed by atoms with Gasteiger partial charge < -0.3 is 10.2 Å². The molecular formula is C18H26N2O2. The minimum absolute atomic E-state index is 0.0518. The van der Waals surface area contributed by atoms with Crippen molar-refractivity contribution in [2.24, 2.45) is 5.92 Å². The van der Waals surface area contributed by atoms with Crippen LogP contribution >= 0.6 is 0 Å². The highest BCUT2D eigenvalue weighted by molar-refractivity contribution is 5.97. The molecule has 1 saturated heterocycles. The van der Waals surface area contributed by atoms with Gasteiger partial charge in [0.1, 0.15) is 0 Å². The fourth-order valence-electron chi connectivity index (χ4n) is 2.88. The maximum absolute atomic E-state index is 12.2. The Morgan fingerprint density at radius 3 is 2.45 bits per heavy atom. The second-order valence-corrected chi connectivity index (χ2v) is 5.92. The zero-order valence-corrected chi connectivity index (χ0v) is 13.4. The molecule has 0 radical (unpaired) electrons. The number of hydrogen-bond acceptors (Lipinski definition) is 3. The van der Waals surface area contributed by atoms with Crippen LogP contribution < -0.4 is 5.32 Å². The summed E-state index contributed by atoms with van der Waals surface area (Å²) < 4.78 is 0. The van der Waals surface area contributed by atoms with E-state index in [0.29, 0.717) is 24.3 Å². The number of carbonyl (C=O) groups is 2. The van der Waals surface area contributed by atoms with E-state index < -0.39 is 0 Å². The predicted octanol–water partition coefficient (Wildman–Crippen LogP) is 2.50. The number of ketones is 1. The molecule has 1 heterocycles. The molecule has 4 heteroatoms. The van der Waals surface area contributed by atoms with Crippen LogP contribution in [0.4, 0.5) is 0 Å². The van der Waals surface area contributed by atoms with Crippen LogP contribution in [0, 0.1) is 5.92 Å². The van der Waals surface area contributed by atoms with Crippen LogP contribution in [0.1, 0.15) is 43.0 Å². The summed E-state index contributed by atoms with van der Waals surface area (Å²) in [6, 6.07) is 9.20. The Labute approximate surface area is 132 Å². The topological polar surface area (TPSA) is 49.4 Å². The number of likely N-dealkylation sites (tertiary alicyclic amines) is 1. The number of carbonyl (C=O) groups excluding carboxylic acids is 2. The van der Waals surface area contributed by atoms with Gasteiger partial charge in [0.2, 0.25) is 5.91 Å². The summed E-state index contributed by atoms with van der Waals surface area (Å²) in [5.41, 5.74) is 0.694. The lowest BCUT2D eigenvalue weighted by Crippen LogP contribution is -2.40. The Bertz CT molecular complexity index is 479. The molecule has 1 fully saturated rings. The Hall–Kier alpha value is -1.68. The molecule has 1 aliphatic rings. The van der Waals surface area contributed by atoms with Crippen LogP contribution in [0.3, 0.4) is 0 Å². The maximum Gasteiger partial charge on any atom is 0.223 e. The van der Waals surface area contributed by atoms with Crippen molar-refractivity contribution in [1.82, 2.24) is 10.2 Å². The third kappa shape index (κ3) is 4.95. The van der Waals surface area contributed by atoms with E-state index in [4.69, 9.17) is 0 Å². The molecule has 1 amide bonds. The fraction of sp³-hybridized carbons (Fsp3) is 0.556. The summed E-state index contributed by atoms with van der Waals surface area (Å²) >= 11 is 0. The number of Topliss-reactive ketones (excluding diaryl/α,β-unsaturated/α-hetero) is 1. The number of amides is 1. The van der Waals surface area contributed by atoms with Gasteiger partial charge in [-0.05, 0) is 31.8 Å². The number of nitrogens with one attached hydrogen (secondary N) is 1. The molecule has 1 aromatic rings. The molecule has 0 spiro atoms. The molecular weight excluding hydrogens is 276 g/mol. The maximum atomic E-state index is 12.2. The van der Waals surface area contributed by atoms with Crippen LogP contribution in [0.2, 0.25) is 0 Å². The second kappa shape index (κ2) is 8.69. The smallest absolute Gasteiger partial charge is 0.223 e. The van der Waals surface area contributed by atoms with Gasteiger partial charge in [0, 0.05) is 31.5 Å².